The summed E-state index contributed by atoms with van der Waals surface area (Å²) < 4.78 is 2.85. The number of fused-ring (bicyclic) bond motifs is 1. The van der Waals surface area contributed by atoms with Gasteiger partial charge in [0.05, 0.1) is 15.7 Å². The molecule has 0 aliphatic rings. The lowest BCUT2D eigenvalue weighted by atomic mass is 10.2. The topological polar surface area (TPSA) is 30.2 Å². The number of halogens is 1. The van der Waals surface area contributed by atoms with Crippen LogP contribution in [0.4, 0.5) is 0 Å². The van der Waals surface area contributed by atoms with Crippen LogP contribution in [0.2, 0.25) is 0 Å². The molecule has 3 nitrogen and oxygen atoms in total. The second-order valence-corrected chi connectivity index (χ2v) is 4.85. The molecule has 0 fully saturated rings. The molecule has 0 saturated carbocycles. The van der Waals surface area contributed by atoms with Crippen molar-refractivity contribution >= 4 is 21.4 Å². The average Bonchev–Trinajstić information content (AvgIpc) is 2.77. The lowest BCUT2D eigenvalue weighted by Crippen LogP contribution is -1.91. The predicted octanol–water partition coefficient (Wildman–Crippen LogP) is 3.72. The smallest absolute Gasteiger partial charge is 0.126 e. The Morgan fingerprint density at radius 3 is 2.83 bits per heavy atom. The lowest BCUT2D eigenvalue weighted by Gasteiger charge is -1.99. The molecule has 18 heavy (non-hydrogen) atoms. The summed E-state index contributed by atoms with van der Waals surface area (Å²) >= 11 is 3.61. The summed E-state index contributed by atoms with van der Waals surface area (Å²) in [6.45, 7) is 2.10. The molecule has 3 aromatic heterocycles. The maximum absolute atomic E-state index is 4.61. The van der Waals surface area contributed by atoms with Gasteiger partial charge >= 0.3 is 0 Å². The van der Waals surface area contributed by atoms with Crippen molar-refractivity contribution in [2.75, 3.05) is 0 Å². The molecule has 0 bridgehead atoms. The summed E-state index contributed by atoms with van der Waals surface area (Å²) in [5.41, 5.74) is 3.93. The first-order chi connectivity index (χ1) is 8.79. The molecule has 3 aromatic rings. The SMILES string of the molecule is CCc1cccc(-c2nn3ccccc3c2Br)n1. The van der Waals surface area contributed by atoms with E-state index in [4.69, 9.17) is 0 Å². The van der Waals surface area contributed by atoms with E-state index in [1.165, 1.54) is 0 Å². The zero-order valence-electron chi connectivity index (χ0n) is 9.97. The molecule has 0 aliphatic heterocycles. The number of aryl methyl sites for hydroxylation is 1. The van der Waals surface area contributed by atoms with Gasteiger partial charge in [-0.3, -0.25) is 4.98 Å². The maximum Gasteiger partial charge on any atom is 0.126 e. The molecule has 3 rings (SSSR count). The van der Waals surface area contributed by atoms with Crippen LogP contribution >= 0.6 is 15.9 Å². The number of hydrogen-bond donors (Lipinski definition) is 0. The minimum absolute atomic E-state index is 0.886. The highest BCUT2D eigenvalue weighted by Gasteiger charge is 2.12. The second kappa shape index (κ2) is 4.53. The van der Waals surface area contributed by atoms with Crippen LogP contribution in [0.1, 0.15) is 12.6 Å². The van der Waals surface area contributed by atoms with Crippen LogP contribution in [-0.4, -0.2) is 14.6 Å². The third-order valence-electron chi connectivity index (χ3n) is 2.89. The van der Waals surface area contributed by atoms with Gasteiger partial charge in [0.2, 0.25) is 0 Å². The van der Waals surface area contributed by atoms with E-state index in [2.05, 4.69) is 32.9 Å². The van der Waals surface area contributed by atoms with Crippen molar-refractivity contribution < 1.29 is 0 Å². The van der Waals surface area contributed by atoms with E-state index >= 15 is 0 Å². The largest absolute Gasteiger partial charge is 0.251 e. The first-order valence-electron chi connectivity index (χ1n) is 5.88. The monoisotopic (exact) mass is 301 g/mol. The molecule has 0 N–H and O–H groups in total. The minimum atomic E-state index is 0.886. The molecule has 4 heteroatoms. The van der Waals surface area contributed by atoms with Crippen LogP contribution in [0.15, 0.2) is 47.1 Å². The molecule has 0 amide bonds. The summed E-state index contributed by atoms with van der Waals surface area (Å²) in [4.78, 5) is 4.61. The minimum Gasteiger partial charge on any atom is -0.251 e. The Kier molecular flexibility index (Phi) is 2.88. The van der Waals surface area contributed by atoms with E-state index in [1.54, 1.807) is 0 Å². The molecule has 3 heterocycles. The van der Waals surface area contributed by atoms with Crippen LogP contribution in [0, 0.1) is 0 Å². The zero-order valence-corrected chi connectivity index (χ0v) is 11.6. The van der Waals surface area contributed by atoms with Gasteiger partial charge in [-0.15, -0.1) is 0 Å². The molecular weight excluding hydrogens is 290 g/mol. The van der Waals surface area contributed by atoms with Crippen molar-refractivity contribution in [1.29, 1.82) is 0 Å². The Morgan fingerprint density at radius 1 is 1.17 bits per heavy atom. The average molecular weight is 302 g/mol. The number of hydrogen-bond acceptors (Lipinski definition) is 2. The van der Waals surface area contributed by atoms with Gasteiger partial charge in [-0.25, -0.2) is 4.52 Å². The normalized spacial score (nSPS) is 11.0. The fourth-order valence-corrected chi connectivity index (χ4v) is 2.54. The van der Waals surface area contributed by atoms with Gasteiger partial charge in [0.15, 0.2) is 0 Å². The van der Waals surface area contributed by atoms with Crippen LogP contribution in [0.3, 0.4) is 0 Å². The van der Waals surface area contributed by atoms with Crippen LogP contribution in [0.5, 0.6) is 0 Å². The van der Waals surface area contributed by atoms with Gasteiger partial charge in [0.1, 0.15) is 5.69 Å². The molecule has 90 valence electrons. The lowest BCUT2D eigenvalue weighted by molar-refractivity contribution is 0.956. The quantitative estimate of drug-likeness (QED) is 0.722. The van der Waals surface area contributed by atoms with Gasteiger partial charge in [-0.2, -0.15) is 5.10 Å². The van der Waals surface area contributed by atoms with Crippen LogP contribution in [-0.2, 0) is 6.42 Å². The Labute approximate surface area is 114 Å². The summed E-state index contributed by atoms with van der Waals surface area (Å²) in [5, 5.41) is 4.57. The van der Waals surface area contributed by atoms with Crippen LogP contribution in [0.25, 0.3) is 16.9 Å². The van der Waals surface area contributed by atoms with Gasteiger partial charge < -0.3 is 0 Å². The zero-order chi connectivity index (χ0) is 12.5. The van der Waals surface area contributed by atoms with E-state index in [0.717, 1.165) is 33.5 Å². The van der Waals surface area contributed by atoms with E-state index in [1.807, 2.05) is 47.1 Å². The van der Waals surface area contributed by atoms with Gasteiger partial charge in [-0.1, -0.05) is 19.1 Å². The van der Waals surface area contributed by atoms with Crippen molar-refractivity contribution in [3.63, 3.8) is 0 Å². The fraction of sp³-hybridized carbons (Fsp3) is 0.143. The summed E-state index contributed by atoms with van der Waals surface area (Å²) in [7, 11) is 0. The van der Waals surface area contributed by atoms with Crippen molar-refractivity contribution in [3.8, 4) is 11.4 Å². The van der Waals surface area contributed by atoms with Gasteiger partial charge in [0, 0.05) is 11.9 Å². The van der Waals surface area contributed by atoms with E-state index in [0.29, 0.717) is 0 Å². The second-order valence-electron chi connectivity index (χ2n) is 4.06. The van der Waals surface area contributed by atoms with Crippen LogP contribution < -0.4 is 0 Å². The van der Waals surface area contributed by atoms with E-state index < -0.39 is 0 Å². The summed E-state index contributed by atoms with van der Waals surface area (Å²) in [6, 6.07) is 12.0. The third-order valence-corrected chi connectivity index (χ3v) is 3.67. The fourth-order valence-electron chi connectivity index (χ4n) is 1.94. The number of rotatable bonds is 2. The van der Waals surface area contributed by atoms with E-state index in [9.17, 15) is 0 Å². The number of nitrogens with zero attached hydrogens (tertiary/aromatic N) is 3. The molecule has 0 spiro atoms. The molecule has 0 unspecified atom stereocenters. The summed E-state index contributed by atoms with van der Waals surface area (Å²) in [6.07, 6.45) is 2.87. The highest BCUT2D eigenvalue weighted by Crippen LogP contribution is 2.29. The molecule has 0 atom stereocenters. The highest BCUT2D eigenvalue weighted by atomic mass is 79.9. The maximum atomic E-state index is 4.61. The Bertz CT molecular complexity index is 703. The van der Waals surface area contributed by atoms with Crippen molar-refractivity contribution in [3.05, 3.63) is 52.8 Å². The summed E-state index contributed by atoms with van der Waals surface area (Å²) in [5.74, 6) is 0. The number of pyridine rings is 2. The highest BCUT2D eigenvalue weighted by molar-refractivity contribution is 9.10. The first kappa shape index (κ1) is 11.4. The Balaban J connectivity index is 2.21. The number of aromatic nitrogens is 3. The van der Waals surface area contributed by atoms with Crippen molar-refractivity contribution in [2.24, 2.45) is 0 Å². The Morgan fingerprint density at radius 2 is 2.06 bits per heavy atom. The first-order valence-corrected chi connectivity index (χ1v) is 6.68. The molecule has 0 radical (unpaired) electrons. The third kappa shape index (κ3) is 1.82. The van der Waals surface area contributed by atoms with E-state index in [-0.39, 0.29) is 0 Å². The van der Waals surface area contributed by atoms with Crippen molar-refractivity contribution in [1.82, 2.24) is 14.6 Å². The molecule has 0 aromatic carbocycles. The molecule has 0 aliphatic carbocycles. The standard InChI is InChI=1S/C14H12BrN3/c1-2-10-6-5-7-11(16-10)14-13(15)12-8-3-4-9-18(12)17-14/h3-9H,2H2,1H3. The Hall–Kier alpha value is -1.68. The van der Waals surface area contributed by atoms with Gasteiger partial charge in [0.25, 0.3) is 0 Å². The molecule has 0 saturated heterocycles. The van der Waals surface area contributed by atoms with Crippen molar-refractivity contribution in [2.45, 2.75) is 13.3 Å². The van der Waals surface area contributed by atoms with Gasteiger partial charge in [-0.05, 0) is 46.6 Å². The predicted molar refractivity (Wildman–Crippen MR) is 75.5 cm³/mol. The molecular formula is C14H12BrN3.